The van der Waals surface area contributed by atoms with Crippen LogP contribution in [0.5, 0.6) is 5.88 Å². The average Bonchev–Trinajstić information content (AvgIpc) is 2.78. The van der Waals surface area contributed by atoms with Gasteiger partial charge in [0.25, 0.3) is 0 Å². The van der Waals surface area contributed by atoms with Crippen LogP contribution in [0.2, 0.25) is 0 Å². The van der Waals surface area contributed by atoms with Gasteiger partial charge in [0, 0.05) is 12.3 Å². The van der Waals surface area contributed by atoms with Gasteiger partial charge in [-0.1, -0.05) is 6.07 Å². The molecule has 0 spiro atoms. The molecular formula is C11H10N4O. The zero-order valence-electron chi connectivity index (χ0n) is 8.79. The highest BCUT2D eigenvalue weighted by Crippen LogP contribution is 2.11. The summed E-state index contributed by atoms with van der Waals surface area (Å²) in [7, 11) is 1.57. The topological polar surface area (TPSA) is 63.7 Å². The van der Waals surface area contributed by atoms with E-state index in [1.165, 1.54) is 0 Å². The first-order valence-electron chi connectivity index (χ1n) is 4.74. The Labute approximate surface area is 92.9 Å². The van der Waals surface area contributed by atoms with Crippen LogP contribution in [-0.4, -0.2) is 21.6 Å². The van der Waals surface area contributed by atoms with Gasteiger partial charge in [-0.15, -0.1) is 0 Å². The summed E-state index contributed by atoms with van der Waals surface area (Å²) in [6, 6.07) is 7.52. The number of ether oxygens (including phenoxy) is 1. The lowest BCUT2D eigenvalue weighted by atomic mass is 10.4. The van der Waals surface area contributed by atoms with Crippen LogP contribution in [-0.2, 0) is 6.42 Å². The largest absolute Gasteiger partial charge is 0.481 e. The van der Waals surface area contributed by atoms with Crippen molar-refractivity contribution in [3.8, 4) is 17.8 Å². The maximum atomic E-state index is 8.55. The first-order chi connectivity index (χ1) is 7.83. The summed E-state index contributed by atoms with van der Waals surface area (Å²) in [5, 5.41) is 8.55. The van der Waals surface area contributed by atoms with Gasteiger partial charge in [0.1, 0.15) is 12.1 Å². The number of aromatic nitrogens is 3. The fraction of sp³-hybridized carbons (Fsp3) is 0.182. The number of hydrogen-bond acceptors (Lipinski definition) is 4. The standard InChI is InChI=1S/C11H10N4O/c1-16-11-4-2-3-10(14-11)15-7-9(5-6-12)13-8-15/h2-4,7-8H,5H2,1H3. The number of imidazole rings is 1. The zero-order valence-corrected chi connectivity index (χ0v) is 8.79. The van der Waals surface area contributed by atoms with Gasteiger partial charge < -0.3 is 4.74 Å². The fourth-order valence-corrected chi connectivity index (χ4v) is 1.32. The van der Waals surface area contributed by atoms with E-state index in [9.17, 15) is 0 Å². The van der Waals surface area contributed by atoms with E-state index in [0.29, 0.717) is 12.3 Å². The minimum Gasteiger partial charge on any atom is -0.481 e. The molecule has 0 aromatic carbocycles. The lowest BCUT2D eigenvalue weighted by Crippen LogP contribution is -1.96. The summed E-state index contributed by atoms with van der Waals surface area (Å²) >= 11 is 0. The van der Waals surface area contributed by atoms with Crippen LogP contribution in [0.1, 0.15) is 5.69 Å². The number of nitrogens with zero attached hydrogens (tertiary/aromatic N) is 4. The molecule has 80 valence electrons. The van der Waals surface area contributed by atoms with Crippen LogP contribution in [0.25, 0.3) is 5.82 Å². The molecule has 16 heavy (non-hydrogen) atoms. The normalized spacial score (nSPS) is 9.75. The molecule has 0 unspecified atom stereocenters. The van der Waals surface area contributed by atoms with Gasteiger partial charge >= 0.3 is 0 Å². The predicted molar refractivity (Wildman–Crippen MR) is 57.2 cm³/mol. The minimum absolute atomic E-state index is 0.303. The Morgan fingerprint density at radius 2 is 2.38 bits per heavy atom. The van der Waals surface area contributed by atoms with Crippen LogP contribution in [0, 0.1) is 11.3 Å². The number of nitriles is 1. The van der Waals surface area contributed by atoms with Crippen molar-refractivity contribution in [2.75, 3.05) is 7.11 Å². The molecule has 0 bridgehead atoms. The second-order valence-corrected chi connectivity index (χ2v) is 3.15. The number of rotatable bonds is 3. The van der Waals surface area contributed by atoms with E-state index in [1.807, 2.05) is 12.1 Å². The Morgan fingerprint density at radius 1 is 1.50 bits per heavy atom. The maximum Gasteiger partial charge on any atom is 0.214 e. The summed E-state index contributed by atoms with van der Waals surface area (Å²) < 4.78 is 6.79. The smallest absolute Gasteiger partial charge is 0.214 e. The summed E-state index contributed by atoms with van der Waals surface area (Å²) in [5.41, 5.74) is 0.729. The van der Waals surface area contributed by atoms with E-state index >= 15 is 0 Å². The van der Waals surface area contributed by atoms with Gasteiger partial charge in [-0.05, 0) is 6.07 Å². The monoisotopic (exact) mass is 214 g/mol. The van der Waals surface area contributed by atoms with Gasteiger partial charge in [0.05, 0.1) is 25.3 Å². The summed E-state index contributed by atoms with van der Waals surface area (Å²) in [6.45, 7) is 0. The van der Waals surface area contributed by atoms with E-state index in [-0.39, 0.29) is 0 Å². The Bertz CT molecular complexity index is 527. The number of hydrogen-bond donors (Lipinski definition) is 0. The van der Waals surface area contributed by atoms with E-state index < -0.39 is 0 Å². The third-order valence-electron chi connectivity index (χ3n) is 2.08. The fourth-order valence-electron chi connectivity index (χ4n) is 1.32. The maximum absolute atomic E-state index is 8.55. The molecule has 0 N–H and O–H groups in total. The SMILES string of the molecule is COc1cccc(-n2cnc(CC#N)c2)n1. The second kappa shape index (κ2) is 4.45. The molecule has 2 heterocycles. The summed E-state index contributed by atoms with van der Waals surface area (Å²) in [5.74, 6) is 1.27. The van der Waals surface area contributed by atoms with E-state index in [4.69, 9.17) is 10.00 Å². The van der Waals surface area contributed by atoms with Gasteiger partial charge in [-0.2, -0.15) is 10.2 Å². The van der Waals surface area contributed by atoms with Crippen LogP contribution < -0.4 is 4.74 Å². The van der Waals surface area contributed by atoms with Crippen molar-refractivity contribution in [3.63, 3.8) is 0 Å². The molecule has 0 radical (unpaired) electrons. The van der Waals surface area contributed by atoms with Crippen LogP contribution in [0.3, 0.4) is 0 Å². The molecule has 0 amide bonds. The Morgan fingerprint density at radius 3 is 3.12 bits per heavy atom. The quantitative estimate of drug-likeness (QED) is 0.773. The van der Waals surface area contributed by atoms with Crippen molar-refractivity contribution in [1.82, 2.24) is 14.5 Å². The molecule has 5 nitrogen and oxygen atoms in total. The summed E-state index contributed by atoms with van der Waals surface area (Å²) in [6.07, 6.45) is 3.72. The van der Waals surface area contributed by atoms with Crippen molar-refractivity contribution in [2.45, 2.75) is 6.42 Å². The van der Waals surface area contributed by atoms with Crippen molar-refractivity contribution in [2.24, 2.45) is 0 Å². The Hall–Kier alpha value is -2.35. The first-order valence-corrected chi connectivity index (χ1v) is 4.74. The minimum atomic E-state index is 0.303. The molecule has 0 aliphatic carbocycles. The molecule has 0 aliphatic rings. The lowest BCUT2D eigenvalue weighted by molar-refractivity contribution is 0.397. The predicted octanol–water partition coefficient (Wildman–Crippen LogP) is 1.34. The Balaban J connectivity index is 2.31. The summed E-state index contributed by atoms with van der Waals surface area (Å²) in [4.78, 5) is 8.35. The second-order valence-electron chi connectivity index (χ2n) is 3.15. The molecule has 5 heteroatoms. The molecular weight excluding hydrogens is 204 g/mol. The third kappa shape index (κ3) is 2.01. The highest BCUT2D eigenvalue weighted by molar-refractivity contribution is 5.28. The molecule has 2 rings (SSSR count). The zero-order chi connectivity index (χ0) is 11.4. The van der Waals surface area contributed by atoms with Crippen molar-refractivity contribution >= 4 is 0 Å². The highest BCUT2D eigenvalue weighted by Gasteiger charge is 2.02. The number of pyridine rings is 1. The van der Waals surface area contributed by atoms with Crippen LogP contribution >= 0.6 is 0 Å². The van der Waals surface area contributed by atoms with Gasteiger partial charge in [-0.3, -0.25) is 4.57 Å². The van der Waals surface area contributed by atoms with Gasteiger partial charge in [0.15, 0.2) is 0 Å². The third-order valence-corrected chi connectivity index (χ3v) is 2.08. The number of methoxy groups -OCH3 is 1. The van der Waals surface area contributed by atoms with E-state index in [0.717, 1.165) is 11.5 Å². The van der Waals surface area contributed by atoms with Crippen molar-refractivity contribution in [1.29, 1.82) is 5.26 Å². The Kier molecular flexibility index (Phi) is 2.83. The molecule has 2 aromatic heterocycles. The molecule has 2 aromatic rings. The van der Waals surface area contributed by atoms with Crippen molar-refractivity contribution in [3.05, 3.63) is 36.4 Å². The van der Waals surface area contributed by atoms with Crippen molar-refractivity contribution < 1.29 is 4.74 Å². The van der Waals surface area contributed by atoms with Crippen LogP contribution in [0.4, 0.5) is 0 Å². The molecule has 0 atom stereocenters. The van der Waals surface area contributed by atoms with E-state index in [2.05, 4.69) is 16.0 Å². The van der Waals surface area contributed by atoms with E-state index in [1.54, 1.807) is 30.3 Å². The molecule has 0 aliphatic heterocycles. The van der Waals surface area contributed by atoms with Gasteiger partial charge in [-0.25, -0.2) is 4.98 Å². The lowest BCUT2D eigenvalue weighted by Gasteiger charge is -2.02. The highest BCUT2D eigenvalue weighted by atomic mass is 16.5. The van der Waals surface area contributed by atoms with Gasteiger partial charge in [0.2, 0.25) is 5.88 Å². The van der Waals surface area contributed by atoms with Crippen LogP contribution in [0.15, 0.2) is 30.7 Å². The first kappa shape index (κ1) is 10.2. The molecule has 0 fully saturated rings. The average molecular weight is 214 g/mol. The molecule has 0 saturated carbocycles. The molecule has 0 saturated heterocycles.